The van der Waals surface area contributed by atoms with Gasteiger partial charge >= 0.3 is 17.9 Å². The highest BCUT2D eigenvalue weighted by atomic mass is 32.1. The Balaban J connectivity index is 5.32. The maximum absolute atomic E-state index is 12.6. The molecular formula is C17H28N4O9S. The molecule has 0 spiro atoms. The molecule has 3 amide bonds. The van der Waals surface area contributed by atoms with Crippen molar-refractivity contribution in [1.29, 1.82) is 0 Å². The first-order valence-corrected chi connectivity index (χ1v) is 9.87. The van der Waals surface area contributed by atoms with E-state index in [-0.39, 0.29) is 18.1 Å². The van der Waals surface area contributed by atoms with E-state index in [1.807, 2.05) is 5.32 Å². The second-order valence-electron chi connectivity index (χ2n) is 7.00. The number of nitrogens with one attached hydrogen (secondary N) is 3. The van der Waals surface area contributed by atoms with Crippen molar-refractivity contribution in [2.45, 2.75) is 57.3 Å². The molecule has 0 aliphatic rings. The number of rotatable bonds is 14. The van der Waals surface area contributed by atoms with Gasteiger partial charge in [-0.1, -0.05) is 13.8 Å². The zero-order valence-corrected chi connectivity index (χ0v) is 17.9. The van der Waals surface area contributed by atoms with Crippen LogP contribution in [0.4, 0.5) is 0 Å². The maximum Gasteiger partial charge on any atom is 0.326 e. The van der Waals surface area contributed by atoms with Crippen LogP contribution in [0.1, 0.15) is 33.1 Å². The molecule has 4 atom stereocenters. The molecule has 0 saturated heterocycles. The van der Waals surface area contributed by atoms with E-state index in [0.29, 0.717) is 0 Å². The Hall–Kier alpha value is -2.87. The van der Waals surface area contributed by atoms with Crippen molar-refractivity contribution < 1.29 is 44.1 Å². The van der Waals surface area contributed by atoms with Crippen LogP contribution in [0.3, 0.4) is 0 Å². The number of aliphatic carboxylic acids is 3. The van der Waals surface area contributed by atoms with Crippen LogP contribution < -0.4 is 21.7 Å². The molecule has 0 rings (SSSR count). The third-order valence-corrected chi connectivity index (χ3v) is 4.47. The van der Waals surface area contributed by atoms with Gasteiger partial charge in [0.15, 0.2) is 0 Å². The van der Waals surface area contributed by atoms with E-state index in [4.69, 9.17) is 21.1 Å². The molecule has 13 nitrogen and oxygen atoms in total. The molecule has 14 heteroatoms. The van der Waals surface area contributed by atoms with Gasteiger partial charge in [-0.3, -0.25) is 24.0 Å². The Morgan fingerprint density at radius 3 is 1.71 bits per heavy atom. The molecule has 0 aromatic heterocycles. The second-order valence-corrected chi connectivity index (χ2v) is 7.37. The zero-order chi connectivity index (χ0) is 24.3. The van der Waals surface area contributed by atoms with Crippen molar-refractivity contribution in [3.8, 4) is 0 Å². The van der Waals surface area contributed by atoms with Crippen molar-refractivity contribution in [1.82, 2.24) is 16.0 Å². The number of amides is 3. The Labute approximate surface area is 183 Å². The van der Waals surface area contributed by atoms with Gasteiger partial charge in [-0.05, 0) is 12.3 Å². The summed E-state index contributed by atoms with van der Waals surface area (Å²) in [5.41, 5.74) is 5.72. The molecule has 0 bridgehead atoms. The fourth-order valence-electron chi connectivity index (χ4n) is 2.22. The molecule has 0 aliphatic heterocycles. The highest BCUT2D eigenvalue weighted by Gasteiger charge is 2.31. The Morgan fingerprint density at radius 1 is 0.806 bits per heavy atom. The highest BCUT2D eigenvalue weighted by Crippen LogP contribution is 2.04. The summed E-state index contributed by atoms with van der Waals surface area (Å²) in [5, 5.41) is 33.2. The largest absolute Gasteiger partial charge is 0.481 e. The quantitative estimate of drug-likeness (QED) is 0.129. The molecule has 8 N–H and O–H groups in total. The van der Waals surface area contributed by atoms with Crippen LogP contribution in [0.5, 0.6) is 0 Å². The lowest BCUT2D eigenvalue weighted by Crippen LogP contribution is -2.58. The van der Waals surface area contributed by atoms with Gasteiger partial charge in [-0.2, -0.15) is 12.6 Å². The van der Waals surface area contributed by atoms with Crippen molar-refractivity contribution in [2.75, 3.05) is 5.75 Å². The number of carbonyl (C=O) groups excluding carboxylic acids is 3. The van der Waals surface area contributed by atoms with Gasteiger partial charge in [-0.25, -0.2) is 4.79 Å². The predicted octanol–water partition coefficient (Wildman–Crippen LogP) is -2.22. The van der Waals surface area contributed by atoms with Crippen LogP contribution in [0.15, 0.2) is 0 Å². The van der Waals surface area contributed by atoms with Crippen LogP contribution in [0.2, 0.25) is 0 Å². The van der Waals surface area contributed by atoms with Gasteiger partial charge in [0.1, 0.15) is 18.1 Å². The average Bonchev–Trinajstić information content (AvgIpc) is 2.66. The molecule has 0 heterocycles. The minimum Gasteiger partial charge on any atom is -0.481 e. The zero-order valence-electron chi connectivity index (χ0n) is 17.0. The summed E-state index contributed by atoms with van der Waals surface area (Å²) < 4.78 is 0. The summed E-state index contributed by atoms with van der Waals surface area (Å²) in [6, 6.07) is -5.42. The van der Waals surface area contributed by atoms with Crippen LogP contribution in [-0.2, 0) is 28.8 Å². The van der Waals surface area contributed by atoms with Crippen molar-refractivity contribution in [2.24, 2.45) is 11.7 Å². The van der Waals surface area contributed by atoms with E-state index >= 15 is 0 Å². The van der Waals surface area contributed by atoms with Crippen molar-refractivity contribution in [3.63, 3.8) is 0 Å². The third-order valence-electron chi connectivity index (χ3n) is 4.11. The average molecular weight is 464 g/mol. The first-order valence-electron chi connectivity index (χ1n) is 9.24. The van der Waals surface area contributed by atoms with Gasteiger partial charge in [0.2, 0.25) is 17.7 Å². The number of hydrogen-bond acceptors (Lipinski definition) is 8. The van der Waals surface area contributed by atoms with Gasteiger partial charge < -0.3 is 37.0 Å². The second kappa shape index (κ2) is 13.4. The maximum atomic E-state index is 12.6. The summed E-state index contributed by atoms with van der Waals surface area (Å²) in [6.45, 7) is 3.35. The van der Waals surface area contributed by atoms with Gasteiger partial charge in [0.25, 0.3) is 0 Å². The van der Waals surface area contributed by atoms with Crippen LogP contribution in [-0.4, -0.2) is 80.9 Å². The number of carbonyl (C=O) groups is 6. The monoisotopic (exact) mass is 464 g/mol. The van der Waals surface area contributed by atoms with E-state index in [2.05, 4.69) is 23.3 Å². The fourth-order valence-corrected chi connectivity index (χ4v) is 2.48. The number of hydrogen-bond donors (Lipinski definition) is 8. The number of thiol groups is 1. The van der Waals surface area contributed by atoms with E-state index in [0.717, 1.165) is 0 Å². The van der Waals surface area contributed by atoms with E-state index in [1.54, 1.807) is 13.8 Å². The van der Waals surface area contributed by atoms with Crippen LogP contribution in [0.25, 0.3) is 0 Å². The predicted molar refractivity (Wildman–Crippen MR) is 109 cm³/mol. The summed E-state index contributed by atoms with van der Waals surface area (Å²) in [7, 11) is 0. The first kappa shape index (κ1) is 28.1. The Kier molecular flexibility index (Phi) is 12.2. The molecular weight excluding hydrogens is 436 g/mol. The third kappa shape index (κ3) is 10.6. The van der Waals surface area contributed by atoms with Gasteiger partial charge in [-0.15, -0.1) is 0 Å². The van der Waals surface area contributed by atoms with Crippen LogP contribution in [0, 0.1) is 5.92 Å². The van der Waals surface area contributed by atoms with E-state index < -0.39 is 72.6 Å². The minimum atomic E-state index is -1.74. The van der Waals surface area contributed by atoms with Gasteiger partial charge in [0.05, 0.1) is 12.5 Å². The fraction of sp³-hybridized carbons (Fsp3) is 0.647. The standard InChI is InChI=1S/C17H28N4O9S/c1-7(2)13(18)16(28)19-8(3-4-11(22)23)14(26)21-10(6-31)15(27)20-9(17(29)30)5-12(24)25/h7-10,13,31H,3-6,18H2,1-2H3,(H,19,28)(H,20,27)(H,21,26)(H,22,23)(H,24,25)(H,29,30). The first-order chi connectivity index (χ1) is 14.3. The summed E-state index contributed by atoms with van der Waals surface area (Å²) >= 11 is 3.92. The molecule has 176 valence electrons. The smallest absolute Gasteiger partial charge is 0.326 e. The molecule has 0 aromatic rings. The van der Waals surface area contributed by atoms with Crippen molar-refractivity contribution in [3.05, 3.63) is 0 Å². The van der Waals surface area contributed by atoms with Crippen molar-refractivity contribution >= 4 is 48.3 Å². The molecule has 4 unspecified atom stereocenters. The molecule has 31 heavy (non-hydrogen) atoms. The highest BCUT2D eigenvalue weighted by molar-refractivity contribution is 7.80. The lowest BCUT2D eigenvalue weighted by Gasteiger charge is -2.24. The Morgan fingerprint density at radius 2 is 1.29 bits per heavy atom. The molecule has 0 aliphatic carbocycles. The number of carboxylic acid groups (broad SMARTS) is 3. The van der Waals surface area contributed by atoms with E-state index in [1.165, 1.54) is 0 Å². The lowest BCUT2D eigenvalue weighted by atomic mass is 10.0. The topological polar surface area (TPSA) is 225 Å². The molecule has 0 saturated carbocycles. The minimum absolute atomic E-state index is 0.263. The SMILES string of the molecule is CC(C)C(N)C(=O)NC(CCC(=O)O)C(=O)NC(CS)C(=O)NC(CC(=O)O)C(=O)O. The molecule has 0 aromatic carbocycles. The van der Waals surface area contributed by atoms with E-state index in [9.17, 15) is 28.8 Å². The summed E-state index contributed by atoms with van der Waals surface area (Å²) in [4.78, 5) is 69.7. The van der Waals surface area contributed by atoms with Crippen LogP contribution >= 0.6 is 12.6 Å². The molecule has 0 radical (unpaired) electrons. The summed E-state index contributed by atoms with van der Waals surface area (Å²) in [6.07, 6.45) is -1.65. The normalized spacial score (nSPS) is 14.6. The Bertz CT molecular complexity index is 701. The summed E-state index contributed by atoms with van der Waals surface area (Å²) in [5.74, 6) is -7.44. The lowest BCUT2D eigenvalue weighted by molar-refractivity contribution is -0.147. The van der Waals surface area contributed by atoms with Gasteiger partial charge in [0, 0.05) is 12.2 Å². The molecule has 0 fully saturated rings. The number of nitrogens with two attached hydrogens (primary N) is 1. The number of carboxylic acids is 3.